The number of benzene rings is 1. The van der Waals surface area contributed by atoms with Crippen LogP contribution in [0.5, 0.6) is 0 Å². The summed E-state index contributed by atoms with van der Waals surface area (Å²) >= 11 is 0. The van der Waals surface area contributed by atoms with Crippen molar-refractivity contribution in [2.75, 3.05) is 38.3 Å². The fourth-order valence-corrected chi connectivity index (χ4v) is 4.36. The third-order valence-corrected chi connectivity index (χ3v) is 5.79. The molecule has 3 heterocycles. The Hall–Kier alpha value is -2.77. The Morgan fingerprint density at radius 1 is 1.03 bits per heavy atom. The van der Waals surface area contributed by atoms with Crippen LogP contribution in [0.15, 0.2) is 61.1 Å². The maximum atomic E-state index is 5.66. The quantitative estimate of drug-likeness (QED) is 0.551. The first-order valence-electron chi connectivity index (χ1n) is 10.7. The first-order valence-corrected chi connectivity index (χ1v) is 10.7. The number of nitrogens with zero attached hydrogens (tertiary/aromatic N) is 5. The molecule has 1 unspecified atom stereocenters. The van der Waals surface area contributed by atoms with E-state index in [1.807, 2.05) is 47.5 Å². The topological polar surface area (TPSA) is 68.1 Å². The van der Waals surface area contributed by atoms with Gasteiger partial charge in [0.25, 0.3) is 0 Å². The molecule has 0 amide bonds. The SMILES string of the molecule is COCC1(CCCCc2ccnn2-c2ccccc2)CNCCN1c1ncccn1. The number of aromatic nitrogens is 4. The van der Waals surface area contributed by atoms with Crippen LogP contribution in [0.25, 0.3) is 5.69 Å². The van der Waals surface area contributed by atoms with E-state index in [2.05, 4.69) is 43.5 Å². The number of rotatable bonds is 9. The van der Waals surface area contributed by atoms with Crippen LogP contribution < -0.4 is 10.2 Å². The minimum atomic E-state index is -0.131. The van der Waals surface area contributed by atoms with E-state index in [1.165, 1.54) is 5.69 Å². The van der Waals surface area contributed by atoms with Gasteiger partial charge in [-0.2, -0.15) is 5.10 Å². The lowest BCUT2D eigenvalue weighted by Crippen LogP contribution is -2.64. The second-order valence-corrected chi connectivity index (χ2v) is 7.81. The second kappa shape index (κ2) is 9.82. The highest BCUT2D eigenvalue weighted by atomic mass is 16.5. The smallest absolute Gasteiger partial charge is 0.225 e. The Morgan fingerprint density at radius 2 is 1.87 bits per heavy atom. The Bertz CT molecular complexity index is 896. The molecule has 1 aromatic carbocycles. The van der Waals surface area contributed by atoms with Gasteiger partial charge in [-0.05, 0) is 43.5 Å². The highest BCUT2D eigenvalue weighted by Crippen LogP contribution is 2.28. The number of nitrogens with one attached hydrogen (secondary N) is 1. The molecule has 0 bridgehead atoms. The zero-order valence-electron chi connectivity index (χ0n) is 17.6. The lowest BCUT2D eigenvalue weighted by molar-refractivity contribution is 0.109. The summed E-state index contributed by atoms with van der Waals surface area (Å²) in [5.74, 6) is 0.790. The average molecular weight is 407 g/mol. The van der Waals surface area contributed by atoms with E-state index < -0.39 is 0 Å². The van der Waals surface area contributed by atoms with Crippen LogP contribution in [0.1, 0.15) is 25.0 Å². The number of unbranched alkanes of at least 4 members (excludes halogenated alkanes) is 1. The minimum absolute atomic E-state index is 0.131. The molecule has 0 spiro atoms. The van der Waals surface area contributed by atoms with E-state index in [0.717, 1.165) is 57.0 Å². The molecular weight excluding hydrogens is 376 g/mol. The van der Waals surface area contributed by atoms with Crippen molar-refractivity contribution < 1.29 is 4.74 Å². The molecule has 4 rings (SSSR count). The van der Waals surface area contributed by atoms with E-state index in [9.17, 15) is 0 Å². The van der Waals surface area contributed by atoms with Gasteiger partial charge in [0.15, 0.2) is 0 Å². The molecule has 1 N–H and O–H groups in total. The van der Waals surface area contributed by atoms with Gasteiger partial charge in [0.2, 0.25) is 5.95 Å². The molecule has 3 aromatic rings. The van der Waals surface area contributed by atoms with Gasteiger partial charge in [-0.15, -0.1) is 0 Å². The molecule has 0 aliphatic carbocycles. The number of ether oxygens (including phenoxy) is 1. The Balaban J connectivity index is 1.42. The van der Waals surface area contributed by atoms with E-state index in [-0.39, 0.29) is 5.54 Å². The van der Waals surface area contributed by atoms with Crippen molar-refractivity contribution in [3.05, 3.63) is 66.7 Å². The van der Waals surface area contributed by atoms with E-state index in [4.69, 9.17) is 4.74 Å². The van der Waals surface area contributed by atoms with E-state index >= 15 is 0 Å². The van der Waals surface area contributed by atoms with Crippen LogP contribution in [0.3, 0.4) is 0 Å². The highest BCUT2D eigenvalue weighted by molar-refractivity contribution is 5.36. The molecule has 7 nitrogen and oxygen atoms in total. The zero-order valence-corrected chi connectivity index (χ0v) is 17.6. The maximum Gasteiger partial charge on any atom is 0.225 e. The van der Waals surface area contributed by atoms with Crippen molar-refractivity contribution in [1.29, 1.82) is 0 Å². The van der Waals surface area contributed by atoms with Gasteiger partial charge >= 0.3 is 0 Å². The van der Waals surface area contributed by atoms with E-state index in [0.29, 0.717) is 6.61 Å². The molecule has 1 saturated heterocycles. The molecular formula is C23H30N6O. The summed E-state index contributed by atoms with van der Waals surface area (Å²) in [6.45, 7) is 3.34. The fraction of sp³-hybridized carbons (Fsp3) is 0.435. The second-order valence-electron chi connectivity index (χ2n) is 7.81. The lowest BCUT2D eigenvalue weighted by Gasteiger charge is -2.47. The monoisotopic (exact) mass is 406 g/mol. The third kappa shape index (κ3) is 4.52. The Kier molecular flexibility index (Phi) is 6.71. The van der Waals surface area contributed by atoms with Crippen molar-refractivity contribution in [2.24, 2.45) is 0 Å². The molecule has 2 aromatic heterocycles. The molecule has 1 atom stereocenters. The van der Waals surface area contributed by atoms with Gasteiger partial charge in [0.05, 0.1) is 17.8 Å². The van der Waals surface area contributed by atoms with Crippen LogP contribution in [-0.2, 0) is 11.2 Å². The standard InChI is InChI=1S/C23H30N6O/c1-30-19-23(18-24-16-17-28(23)22-25-13-7-14-26-22)12-6-5-10-21-11-15-27-29(21)20-8-3-2-4-9-20/h2-4,7-9,11,13-15,24H,5-6,10,12,16-19H2,1H3. The number of para-hydroxylation sites is 1. The molecule has 7 heteroatoms. The van der Waals surface area contributed by atoms with Crippen LogP contribution in [0.2, 0.25) is 0 Å². The Morgan fingerprint density at radius 3 is 2.67 bits per heavy atom. The first-order chi connectivity index (χ1) is 14.8. The fourth-order valence-electron chi connectivity index (χ4n) is 4.36. The van der Waals surface area contributed by atoms with Crippen molar-refractivity contribution in [1.82, 2.24) is 25.1 Å². The van der Waals surface area contributed by atoms with Crippen molar-refractivity contribution in [2.45, 2.75) is 31.2 Å². The average Bonchev–Trinajstić information content (AvgIpc) is 3.27. The van der Waals surface area contributed by atoms with Crippen molar-refractivity contribution in [3.8, 4) is 5.69 Å². The van der Waals surface area contributed by atoms with Crippen LogP contribution >= 0.6 is 0 Å². The number of piperazine rings is 1. The van der Waals surface area contributed by atoms with E-state index in [1.54, 1.807) is 7.11 Å². The molecule has 1 aliphatic rings. The number of aryl methyl sites for hydroxylation is 1. The summed E-state index contributed by atoms with van der Waals surface area (Å²) in [5, 5.41) is 8.07. The number of methoxy groups -OCH3 is 1. The van der Waals surface area contributed by atoms with Gasteiger partial charge in [-0.25, -0.2) is 14.6 Å². The molecule has 1 aliphatic heterocycles. The van der Waals surface area contributed by atoms with Crippen molar-refractivity contribution in [3.63, 3.8) is 0 Å². The number of anilines is 1. The summed E-state index contributed by atoms with van der Waals surface area (Å²) in [4.78, 5) is 11.4. The predicted octanol–water partition coefficient (Wildman–Crippen LogP) is 2.87. The van der Waals surface area contributed by atoms with Gasteiger partial charge in [-0.1, -0.05) is 24.6 Å². The zero-order chi connectivity index (χ0) is 20.7. The molecule has 158 valence electrons. The molecule has 0 saturated carbocycles. The normalized spacial score (nSPS) is 19.2. The summed E-state index contributed by atoms with van der Waals surface area (Å²) in [5.41, 5.74) is 2.22. The molecule has 0 radical (unpaired) electrons. The van der Waals surface area contributed by atoms with Gasteiger partial charge in [0.1, 0.15) is 0 Å². The lowest BCUT2D eigenvalue weighted by atomic mass is 9.89. The summed E-state index contributed by atoms with van der Waals surface area (Å²) in [6.07, 6.45) is 9.70. The Labute approximate surface area is 178 Å². The number of hydrogen-bond acceptors (Lipinski definition) is 6. The number of hydrogen-bond donors (Lipinski definition) is 1. The molecule has 30 heavy (non-hydrogen) atoms. The summed E-state index contributed by atoms with van der Waals surface area (Å²) in [7, 11) is 1.78. The maximum absolute atomic E-state index is 5.66. The van der Waals surface area contributed by atoms with Crippen LogP contribution in [0, 0.1) is 0 Å². The summed E-state index contributed by atoms with van der Waals surface area (Å²) < 4.78 is 7.70. The van der Waals surface area contributed by atoms with Gasteiger partial charge in [0, 0.05) is 51.0 Å². The van der Waals surface area contributed by atoms with Gasteiger partial charge < -0.3 is 15.0 Å². The summed E-state index contributed by atoms with van der Waals surface area (Å²) in [6, 6.07) is 14.3. The minimum Gasteiger partial charge on any atom is -0.382 e. The van der Waals surface area contributed by atoms with Crippen LogP contribution in [-0.4, -0.2) is 58.6 Å². The predicted molar refractivity (Wildman–Crippen MR) is 118 cm³/mol. The highest BCUT2D eigenvalue weighted by Gasteiger charge is 2.40. The van der Waals surface area contributed by atoms with Crippen molar-refractivity contribution >= 4 is 5.95 Å². The first kappa shape index (κ1) is 20.5. The third-order valence-electron chi connectivity index (χ3n) is 5.79. The largest absolute Gasteiger partial charge is 0.382 e. The van der Waals surface area contributed by atoms with Crippen LogP contribution in [0.4, 0.5) is 5.95 Å². The molecule has 1 fully saturated rings. The van der Waals surface area contributed by atoms with Gasteiger partial charge in [-0.3, -0.25) is 0 Å².